The van der Waals surface area contributed by atoms with Crippen LogP contribution in [-0.2, 0) is 36.2 Å². The fourth-order valence-corrected chi connectivity index (χ4v) is 7.06. The molecule has 0 bridgehead atoms. The van der Waals surface area contributed by atoms with Gasteiger partial charge in [0.2, 0.25) is 0 Å². The van der Waals surface area contributed by atoms with E-state index in [9.17, 15) is 33.7 Å². The van der Waals surface area contributed by atoms with Crippen molar-refractivity contribution in [2.75, 3.05) is 0 Å². The van der Waals surface area contributed by atoms with E-state index in [0.29, 0.717) is 0 Å². The van der Waals surface area contributed by atoms with Crippen molar-refractivity contribution in [3.63, 3.8) is 0 Å². The Morgan fingerprint density at radius 1 is 0.455 bits per heavy atom. The minimum absolute atomic E-state index is 0.134. The van der Waals surface area contributed by atoms with Crippen LogP contribution < -0.4 is 0 Å². The molecule has 0 fully saturated rings. The third kappa shape index (κ3) is 4.60. The van der Waals surface area contributed by atoms with Crippen molar-refractivity contribution in [3.8, 4) is 0 Å². The highest BCUT2D eigenvalue weighted by Gasteiger charge is 2.33. The van der Waals surface area contributed by atoms with Gasteiger partial charge in [-0.05, 0) is 12.1 Å². The zero-order valence-electron chi connectivity index (χ0n) is 9.57. The molecule has 1 aromatic carbocycles. The zero-order valence-corrected chi connectivity index (χ0v) is 15.9. The van der Waals surface area contributed by atoms with Crippen molar-refractivity contribution in [2.45, 2.75) is 19.6 Å². The van der Waals surface area contributed by atoms with Crippen LogP contribution in [0, 0.1) is 0 Å². The maximum absolute atomic E-state index is 11.4. The highest BCUT2D eigenvalue weighted by atomic mass is 35.7. The molecule has 0 atom stereocenters. The van der Waals surface area contributed by atoms with Crippen LogP contribution in [0.25, 0.3) is 0 Å². The highest BCUT2D eigenvalue weighted by Crippen LogP contribution is 2.36. The molecule has 8 nitrogen and oxygen atoms in total. The summed E-state index contributed by atoms with van der Waals surface area (Å²) in [6.45, 7) is 0. The summed E-state index contributed by atoms with van der Waals surface area (Å²) in [7, 11) is 0.693. The Hall–Kier alpha value is 0.180. The van der Waals surface area contributed by atoms with Gasteiger partial charge in [0.25, 0.3) is 36.2 Å². The number of rotatable bonds is 4. The maximum Gasteiger partial charge on any atom is 0.262 e. The zero-order chi connectivity index (χ0) is 17.7. The number of hydrogen-bond donors (Lipinski definition) is 0. The lowest BCUT2D eigenvalue weighted by molar-refractivity contribution is 0.589. The van der Waals surface area contributed by atoms with E-state index in [2.05, 4.69) is 0 Å². The fourth-order valence-electron chi connectivity index (χ4n) is 1.28. The monoisotopic (exact) mass is 470 g/mol. The molecule has 1 rings (SSSR count). The Morgan fingerprint density at radius 2 is 0.591 bits per heavy atom. The van der Waals surface area contributed by atoms with E-state index in [0.717, 1.165) is 0 Å². The van der Waals surface area contributed by atoms with Gasteiger partial charge in [0.05, 0.1) is 0 Å². The Labute approximate surface area is 143 Å². The molecule has 0 aromatic heterocycles. The number of benzene rings is 1. The van der Waals surface area contributed by atoms with Gasteiger partial charge in [0, 0.05) is 42.7 Å². The predicted molar refractivity (Wildman–Crippen MR) is 78.6 cm³/mol. The van der Waals surface area contributed by atoms with Crippen LogP contribution in [0.5, 0.6) is 0 Å². The molecule has 16 heteroatoms. The summed E-state index contributed by atoms with van der Waals surface area (Å²) in [6.07, 6.45) is 0. The summed E-state index contributed by atoms with van der Waals surface area (Å²) in [5, 5.41) is 0. The van der Waals surface area contributed by atoms with Crippen molar-refractivity contribution in [2.24, 2.45) is 0 Å². The van der Waals surface area contributed by atoms with Gasteiger partial charge < -0.3 is 0 Å². The standard InChI is InChI=1S/C6H2Cl4O8S4/c7-19(11,12)3-1-4(20(8,13)14)6(22(10,17)18)2-5(3)21(9,15)16/h1-2H. The molecule has 126 valence electrons. The van der Waals surface area contributed by atoms with Gasteiger partial charge in [-0.25, -0.2) is 33.7 Å². The normalized spacial score (nSPS) is 14.0. The van der Waals surface area contributed by atoms with Gasteiger partial charge in [-0.1, -0.05) is 0 Å². The van der Waals surface area contributed by atoms with E-state index >= 15 is 0 Å². The van der Waals surface area contributed by atoms with E-state index in [4.69, 9.17) is 42.7 Å². The molecule has 0 unspecified atom stereocenters. The van der Waals surface area contributed by atoms with Gasteiger partial charge in [-0.3, -0.25) is 0 Å². The van der Waals surface area contributed by atoms with Crippen molar-refractivity contribution in [1.29, 1.82) is 0 Å². The Morgan fingerprint density at radius 3 is 0.682 bits per heavy atom. The molecule has 0 saturated heterocycles. The Kier molecular flexibility index (Phi) is 5.44. The van der Waals surface area contributed by atoms with Crippen LogP contribution in [0.15, 0.2) is 31.7 Å². The summed E-state index contributed by atoms with van der Waals surface area (Å²) in [5.74, 6) is 0. The molecule has 0 radical (unpaired) electrons. The molecule has 0 aliphatic rings. The molecule has 0 heterocycles. The number of halogens is 4. The molecule has 1 aromatic rings. The number of hydrogen-bond acceptors (Lipinski definition) is 8. The molecule has 0 spiro atoms. The second-order valence-corrected chi connectivity index (χ2v) is 13.6. The van der Waals surface area contributed by atoms with Gasteiger partial charge in [-0.2, -0.15) is 0 Å². The lowest BCUT2D eigenvalue weighted by atomic mass is 10.3. The van der Waals surface area contributed by atoms with Crippen LogP contribution in [0.1, 0.15) is 0 Å². The van der Waals surface area contributed by atoms with Gasteiger partial charge >= 0.3 is 0 Å². The molecule has 22 heavy (non-hydrogen) atoms. The molecule has 0 saturated carbocycles. The Bertz CT molecular complexity index is 882. The summed E-state index contributed by atoms with van der Waals surface area (Å²) >= 11 is 0. The molecular weight excluding hydrogens is 470 g/mol. The van der Waals surface area contributed by atoms with Crippen molar-refractivity contribution < 1.29 is 33.7 Å². The molecule has 0 aliphatic heterocycles. The third-order valence-electron chi connectivity index (χ3n) is 2.06. The van der Waals surface area contributed by atoms with E-state index in [1.54, 1.807) is 0 Å². The van der Waals surface area contributed by atoms with Crippen LogP contribution in [0.3, 0.4) is 0 Å². The van der Waals surface area contributed by atoms with Crippen molar-refractivity contribution in [1.82, 2.24) is 0 Å². The summed E-state index contributed by atoms with van der Waals surface area (Å²) in [5.41, 5.74) is 0. The van der Waals surface area contributed by atoms with Crippen LogP contribution in [-0.4, -0.2) is 33.7 Å². The van der Waals surface area contributed by atoms with Crippen LogP contribution >= 0.6 is 42.7 Å². The highest BCUT2D eigenvalue weighted by molar-refractivity contribution is 8.17. The van der Waals surface area contributed by atoms with Crippen LogP contribution in [0.2, 0.25) is 0 Å². The molecule has 0 N–H and O–H groups in total. The quantitative estimate of drug-likeness (QED) is 0.600. The lowest BCUT2D eigenvalue weighted by Crippen LogP contribution is -2.09. The summed E-state index contributed by atoms with van der Waals surface area (Å²) in [6, 6.07) is 0.268. The molecular formula is C6H2Cl4O8S4. The average Bonchev–Trinajstić information content (AvgIpc) is 2.22. The van der Waals surface area contributed by atoms with Crippen molar-refractivity contribution in [3.05, 3.63) is 12.1 Å². The second-order valence-electron chi connectivity index (χ2n) is 3.50. The predicted octanol–water partition coefficient (Wildman–Crippen LogP) is 1.40. The van der Waals surface area contributed by atoms with Gasteiger partial charge in [-0.15, -0.1) is 0 Å². The first-order valence-corrected chi connectivity index (χ1v) is 13.7. The van der Waals surface area contributed by atoms with E-state index in [1.807, 2.05) is 0 Å². The smallest absolute Gasteiger partial charge is 0.207 e. The topological polar surface area (TPSA) is 137 Å². The van der Waals surface area contributed by atoms with Crippen LogP contribution in [0.4, 0.5) is 0 Å². The first kappa shape index (κ1) is 20.2. The lowest BCUT2D eigenvalue weighted by Gasteiger charge is -2.09. The van der Waals surface area contributed by atoms with E-state index in [1.165, 1.54) is 0 Å². The molecule has 0 amide bonds. The van der Waals surface area contributed by atoms with Gasteiger partial charge in [0.15, 0.2) is 0 Å². The van der Waals surface area contributed by atoms with E-state index in [-0.39, 0.29) is 12.1 Å². The fraction of sp³-hybridized carbons (Fsp3) is 0. The minimum Gasteiger partial charge on any atom is -0.207 e. The summed E-state index contributed by atoms with van der Waals surface area (Å²) in [4.78, 5) is -5.08. The largest absolute Gasteiger partial charge is 0.262 e. The first-order chi connectivity index (χ1) is 9.45. The first-order valence-electron chi connectivity index (χ1n) is 4.42. The summed E-state index contributed by atoms with van der Waals surface area (Å²) < 4.78 is 90.9. The minimum atomic E-state index is -4.81. The maximum atomic E-state index is 11.4. The third-order valence-corrected chi connectivity index (χ3v) is 7.77. The van der Waals surface area contributed by atoms with Gasteiger partial charge in [0.1, 0.15) is 19.6 Å². The Balaban J connectivity index is 4.27. The average molecular weight is 472 g/mol. The van der Waals surface area contributed by atoms with E-state index < -0.39 is 55.8 Å². The SMILES string of the molecule is O=S(=O)(Cl)c1cc(S(=O)(=O)Cl)c(S(=O)(=O)Cl)cc1S(=O)(=O)Cl. The van der Waals surface area contributed by atoms with Crippen molar-refractivity contribution >= 4 is 78.9 Å². The second kappa shape index (κ2) is 5.92. The molecule has 0 aliphatic carbocycles.